The summed E-state index contributed by atoms with van der Waals surface area (Å²) in [7, 11) is 1.62. The van der Waals surface area contributed by atoms with Crippen molar-refractivity contribution in [1.82, 2.24) is 15.6 Å². The number of rotatable bonds is 7. The van der Waals surface area contributed by atoms with Crippen molar-refractivity contribution in [2.45, 2.75) is 26.8 Å². The van der Waals surface area contributed by atoms with E-state index in [1.54, 1.807) is 20.9 Å². The summed E-state index contributed by atoms with van der Waals surface area (Å²) in [4.78, 5) is 33.1. The fourth-order valence-corrected chi connectivity index (χ4v) is 3.30. The van der Waals surface area contributed by atoms with E-state index in [0.717, 1.165) is 10.7 Å². The minimum atomic E-state index is -0.365. The molecule has 2 aromatic rings. The molecule has 9 heteroatoms. The highest BCUT2D eigenvalue weighted by molar-refractivity contribution is 7.13. The molecule has 0 saturated heterocycles. The highest BCUT2D eigenvalue weighted by Crippen LogP contribution is 2.24. The molecule has 0 aliphatic heterocycles. The third-order valence-electron chi connectivity index (χ3n) is 3.70. The Hall–Kier alpha value is -2.94. The van der Waals surface area contributed by atoms with Crippen molar-refractivity contribution in [3.05, 3.63) is 45.9 Å². The quantitative estimate of drug-likeness (QED) is 0.373. The lowest BCUT2D eigenvalue weighted by Gasteiger charge is -2.16. The molecule has 0 aliphatic carbocycles. The van der Waals surface area contributed by atoms with Gasteiger partial charge in [0.05, 0.1) is 24.9 Å². The Morgan fingerprint density at radius 2 is 2.00 bits per heavy atom. The van der Waals surface area contributed by atoms with Gasteiger partial charge in [-0.05, 0) is 32.9 Å². The number of ether oxygens (including phenoxy) is 1. The fourth-order valence-electron chi connectivity index (χ4n) is 2.34. The number of aliphatic imine (C=N–C) groups is 1. The number of nitrogens with zero attached hydrogens (tertiary/aromatic N) is 2. The second-order valence-corrected chi connectivity index (χ2v) is 6.92. The number of hydrogen-bond donors (Lipinski definition) is 3. The predicted molar refractivity (Wildman–Crippen MR) is 111 cm³/mol. The topological polar surface area (TPSA) is 105 Å². The molecular weight excluding hydrogens is 378 g/mol. The van der Waals surface area contributed by atoms with Crippen LogP contribution in [0.3, 0.4) is 0 Å². The van der Waals surface area contributed by atoms with Gasteiger partial charge in [0.15, 0.2) is 5.96 Å². The number of benzene rings is 1. The van der Waals surface area contributed by atoms with Gasteiger partial charge in [-0.25, -0.2) is 9.78 Å². The molecule has 150 valence electrons. The number of aromatic nitrogens is 1. The van der Waals surface area contributed by atoms with Crippen molar-refractivity contribution in [3.8, 4) is 0 Å². The molecule has 0 bridgehead atoms. The van der Waals surface area contributed by atoms with Crippen LogP contribution < -0.4 is 16.0 Å². The standard InChI is InChI=1S/C19H25N5O3S/c1-5-27-18(26)16-12(2)22-17(28-16)13(3)23-19(20-4)21-11-15(25)24-14-9-7-6-8-10-14/h6-10,13H,5,11H2,1-4H3,(H,24,25)(H2,20,21,23). The lowest BCUT2D eigenvalue weighted by Crippen LogP contribution is -2.42. The number of thiazole rings is 1. The molecule has 0 spiro atoms. The van der Waals surface area contributed by atoms with Crippen molar-refractivity contribution in [3.63, 3.8) is 0 Å². The predicted octanol–water partition coefficient (Wildman–Crippen LogP) is 2.49. The van der Waals surface area contributed by atoms with Crippen LogP contribution >= 0.6 is 11.3 Å². The van der Waals surface area contributed by atoms with E-state index < -0.39 is 0 Å². The molecule has 1 atom stereocenters. The molecule has 0 saturated carbocycles. The summed E-state index contributed by atoms with van der Waals surface area (Å²) in [6.07, 6.45) is 0. The smallest absolute Gasteiger partial charge is 0.350 e. The van der Waals surface area contributed by atoms with Crippen LogP contribution in [-0.4, -0.2) is 43.0 Å². The van der Waals surface area contributed by atoms with E-state index in [9.17, 15) is 9.59 Å². The summed E-state index contributed by atoms with van der Waals surface area (Å²) in [5.74, 6) is -0.0891. The van der Waals surface area contributed by atoms with Gasteiger partial charge in [0.1, 0.15) is 9.88 Å². The Bertz CT molecular complexity index is 835. The third-order valence-corrected chi connectivity index (χ3v) is 5.02. The average Bonchev–Trinajstić information content (AvgIpc) is 3.08. The van der Waals surface area contributed by atoms with Crippen molar-refractivity contribution in [1.29, 1.82) is 0 Å². The van der Waals surface area contributed by atoms with Crippen LogP contribution in [0.5, 0.6) is 0 Å². The first kappa shape index (κ1) is 21.4. The maximum atomic E-state index is 12.1. The number of carbonyl (C=O) groups excluding carboxylic acids is 2. The maximum absolute atomic E-state index is 12.1. The van der Waals surface area contributed by atoms with Gasteiger partial charge in [-0.1, -0.05) is 18.2 Å². The van der Waals surface area contributed by atoms with Gasteiger partial charge >= 0.3 is 5.97 Å². The lowest BCUT2D eigenvalue weighted by atomic mass is 10.3. The molecule has 1 aromatic heterocycles. The second kappa shape index (κ2) is 10.4. The van der Waals surface area contributed by atoms with Gasteiger partial charge in [0.25, 0.3) is 0 Å². The molecule has 0 radical (unpaired) electrons. The van der Waals surface area contributed by atoms with Crippen LogP contribution in [0.1, 0.15) is 40.3 Å². The molecule has 1 heterocycles. The number of esters is 1. The van der Waals surface area contributed by atoms with E-state index in [1.807, 2.05) is 37.3 Å². The van der Waals surface area contributed by atoms with Gasteiger partial charge in [-0.2, -0.15) is 0 Å². The Morgan fingerprint density at radius 3 is 2.64 bits per heavy atom. The largest absolute Gasteiger partial charge is 0.462 e. The highest BCUT2D eigenvalue weighted by Gasteiger charge is 2.20. The lowest BCUT2D eigenvalue weighted by molar-refractivity contribution is -0.115. The van der Waals surface area contributed by atoms with Crippen molar-refractivity contribution < 1.29 is 14.3 Å². The molecule has 1 amide bonds. The molecule has 8 nitrogen and oxygen atoms in total. The van der Waals surface area contributed by atoms with Crippen LogP contribution in [0.25, 0.3) is 0 Å². The number of carbonyl (C=O) groups is 2. The fraction of sp³-hybridized carbons (Fsp3) is 0.368. The number of amides is 1. The summed E-state index contributed by atoms with van der Waals surface area (Å²) in [5.41, 5.74) is 1.37. The van der Waals surface area contributed by atoms with Crippen molar-refractivity contribution >= 4 is 34.9 Å². The number of anilines is 1. The van der Waals surface area contributed by atoms with Gasteiger partial charge in [-0.3, -0.25) is 9.79 Å². The van der Waals surface area contributed by atoms with E-state index in [-0.39, 0.29) is 24.5 Å². The minimum Gasteiger partial charge on any atom is -0.462 e. The number of para-hydroxylation sites is 1. The van der Waals surface area contributed by atoms with Crippen LogP contribution in [0.15, 0.2) is 35.3 Å². The first-order chi connectivity index (χ1) is 13.4. The monoisotopic (exact) mass is 403 g/mol. The Morgan fingerprint density at radius 1 is 1.29 bits per heavy atom. The molecule has 0 aliphatic rings. The second-order valence-electron chi connectivity index (χ2n) is 5.89. The van der Waals surface area contributed by atoms with E-state index >= 15 is 0 Å². The zero-order valence-corrected chi connectivity index (χ0v) is 17.2. The molecule has 2 rings (SSSR count). The number of aryl methyl sites for hydroxylation is 1. The summed E-state index contributed by atoms with van der Waals surface area (Å²) in [5, 5.41) is 9.66. The van der Waals surface area contributed by atoms with Gasteiger partial charge < -0.3 is 20.7 Å². The van der Waals surface area contributed by atoms with Gasteiger partial charge in [-0.15, -0.1) is 11.3 Å². The highest BCUT2D eigenvalue weighted by atomic mass is 32.1. The van der Waals surface area contributed by atoms with Gasteiger partial charge in [0, 0.05) is 12.7 Å². The molecule has 3 N–H and O–H groups in total. The number of guanidine groups is 1. The first-order valence-electron chi connectivity index (χ1n) is 8.91. The van der Waals surface area contributed by atoms with E-state index in [0.29, 0.717) is 23.1 Å². The van der Waals surface area contributed by atoms with Crippen LogP contribution in [0.2, 0.25) is 0 Å². The minimum absolute atomic E-state index is 0.0618. The SMILES string of the molecule is CCOC(=O)c1sc(C(C)NC(=NC)NCC(=O)Nc2ccccc2)nc1C. The molecule has 28 heavy (non-hydrogen) atoms. The molecule has 1 unspecified atom stereocenters. The van der Waals surface area contributed by atoms with Crippen LogP contribution in [-0.2, 0) is 9.53 Å². The van der Waals surface area contributed by atoms with Gasteiger partial charge in [0.2, 0.25) is 5.91 Å². The van der Waals surface area contributed by atoms with E-state index in [1.165, 1.54) is 11.3 Å². The zero-order valence-electron chi connectivity index (χ0n) is 16.4. The molecule has 1 aromatic carbocycles. The van der Waals surface area contributed by atoms with E-state index in [2.05, 4.69) is 25.9 Å². The van der Waals surface area contributed by atoms with Crippen LogP contribution in [0, 0.1) is 6.92 Å². The summed E-state index contributed by atoms with van der Waals surface area (Å²) in [6.45, 7) is 5.83. The first-order valence-corrected chi connectivity index (χ1v) is 9.72. The van der Waals surface area contributed by atoms with Crippen molar-refractivity contribution in [2.24, 2.45) is 4.99 Å². The Kier molecular flexibility index (Phi) is 7.94. The number of hydrogen-bond acceptors (Lipinski definition) is 6. The van der Waals surface area contributed by atoms with Crippen molar-refractivity contribution in [2.75, 3.05) is 25.5 Å². The average molecular weight is 404 g/mol. The summed E-state index contributed by atoms with van der Waals surface area (Å²) < 4.78 is 5.05. The zero-order chi connectivity index (χ0) is 20.5. The van der Waals surface area contributed by atoms with E-state index in [4.69, 9.17) is 4.74 Å². The third kappa shape index (κ3) is 6.05. The maximum Gasteiger partial charge on any atom is 0.350 e. The summed E-state index contributed by atoms with van der Waals surface area (Å²) in [6, 6.07) is 9.03. The normalized spacial score (nSPS) is 12.2. The Labute approximate surface area is 168 Å². The van der Waals surface area contributed by atoms with Crippen LogP contribution in [0.4, 0.5) is 5.69 Å². The molecule has 0 fully saturated rings. The molecular formula is C19H25N5O3S. The number of nitrogens with one attached hydrogen (secondary N) is 3. The summed E-state index contributed by atoms with van der Waals surface area (Å²) >= 11 is 1.28. The Balaban J connectivity index is 1.91.